The topological polar surface area (TPSA) is 87.7 Å². The lowest BCUT2D eigenvalue weighted by molar-refractivity contribution is -0.145. The molecule has 1 aromatic carbocycles. The molecule has 0 radical (unpaired) electrons. The summed E-state index contributed by atoms with van der Waals surface area (Å²) >= 11 is 1.58. The third-order valence-corrected chi connectivity index (χ3v) is 6.33. The Hall–Kier alpha value is -2.66. The zero-order valence-electron chi connectivity index (χ0n) is 22.8. The smallest absolute Gasteiger partial charge is 0.408 e. The summed E-state index contributed by atoms with van der Waals surface area (Å²) < 4.78 is 5.43. The fraction of sp³-hybridized carbons (Fsp3) is 0.607. The maximum atomic E-state index is 14.1. The van der Waals surface area contributed by atoms with Gasteiger partial charge < -0.3 is 20.3 Å². The van der Waals surface area contributed by atoms with Crippen molar-refractivity contribution >= 4 is 29.7 Å². The fourth-order valence-electron chi connectivity index (χ4n) is 3.69. The molecule has 0 saturated heterocycles. The molecule has 2 N–H and O–H groups in total. The molecule has 36 heavy (non-hydrogen) atoms. The van der Waals surface area contributed by atoms with Gasteiger partial charge in [-0.2, -0.15) is 11.8 Å². The van der Waals surface area contributed by atoms with Gasteiger partial charge in [0.1, 0.15) is 17.7 Å². The predicted octanol–water partition coefficient (Wildman–Crippen LogP) is 4.90. The predicted molar refractivity (Wildman–Crippen MR) is 148 cm³/mol. The van der Waals surface area contributed by atoms with E-state index < -0.39 is 23.8 Å². The van der Waals surface area contributed by atoms with Gasteiger partial charge in [-0.3, -0.25) is 9.59 Å². The highest BCUT2D eigenvalue weighted by molar-refractivity contribution is 7.98. The first-order valence-electron chi connectivity index (χ1n) is 12.6. The fourth-order valence-corrected chi connectivity index (χ4v) is 4.16. The van der Waals surface area contributed by atoms with Crippen LogP contribution in [-0.4, -0.2) is 59.0 Å². The van der Waals surface area contributed by atoms with Crippen LogP contribution in [0.5, 0.6) is 0 Å². The lowest BCUT2D eigenvalue weighted by Gasteiger charge is -2.38. The van der Waals surface area contributed by atoms with E-state index >= 15 is 0 Å². The molecule has 3 unspecified atom stereocenters. The van der Waals surface area contributed by atoms with Gasteiger partial charge in [-0.1, -0.05) is 44.4 Å². The SMILES string of the molecule is C#Cc1ccccc1C(C(=O)NCCCC)N(C(=O)C(CCSC)NC(=O)OC(C)(C)C)C(C)CC. The highest BCUT2D eigenvalue weighted by atomic mass is 32.2. The number of hydrogen-bond acceptors (Lipinski definition) is 5. The molecule has 3 amide bonds. The first-order valence-corrected chi connectivity index (χ1v) is 14.0. The van der Waals surface area contributed by atoms with E-state index in [0.29, 0.717) is 36.3 Å². The van der Waals surface area contributed by atoms with Crippen molar-refractivity contribution in [1.82, 2.24) is 15.5 Å². The quantitative estimate of drug-likeness (QED) is 0.287. The molecule has 200 valence electrons. The summed E-state index contributed by atoms with van der Waals surface area (Å²) in [6.07, 6.45) is 9.82. The Morgan fingerprint density at radius 2 is 1.86 bits per heavy atom. The standard InChI is InChI=1S/C28H43N3O4S/c1-9-12-18-29-25(32)24(22-16-14-13-15-21(22)11-3)31(20(4)10-2)26(33)23(17-19-36-8)30-27(34)35-28(5,6)7/h3,13-16,20,23-24H,9-10,12,17-19H2,1-2,4-8H3,(H,29,32)(H,30,34). The molecule has 0 saturated carbocycles. The van der Waals surface area contributed by atoms with Gasteiger partial charge in [0.05, 0.1) is 0 Å². The van der Waals surface area contributed by atoms with Gasteiger partial charge >= 0.3 is 6.09 Å². The van der Waals surface area contributed by atoms with E-state index in [2.05, 4.69) is 16.6 Å². The van der Waals surface area contributed by atoms with Crippen molar-refractivity contribution in [3.05, 3.63) is 35.4 Å². The molecule has 8 heteroatoms. The Bertz CT molecular complexity index is 907. The van der Waals surface area contributed by atoms with Crippen LogP contribution in [0.4, 0.5) is 4.79 Å². The number of benzene rings is 1. The minimum Gasteiger partial charge on any atom is -0.444 e. The number of carbonyl (C=O) groups excluding carboxylic acids is 3. The third kappa shape index (κ3) is 9.77. The molecule has 0 fully saturated rings. The molecule has 0 heterocycles. The lowest BCUT2D eigenvalue weighted by Crippen LogP contribution is -2.55. The summed E-state index contributed by atoms with van der Waals surface area (Å²) in [5.74, 6) is 2.68. The highest BCUT2D eigenvalue weighted by Crippen LogP contribution is 2.29. The Morgan fingerprint density at radius 3 is 2.42 bits per heavy atom. The van der Waals surface area contributed by atoms with E-state index in [1.807, 2.05) is 39.2 Å². The first-order chi connectivity index (χ1) is 17.0. The monoisotopic (exact) mass is 517 g/mol. The number of terminal acetylenes is 1. The van der Waals surface area contributed by atoms with Crippen molar-refractivity contribution in [2.75, 3.05) is 18.6 Å². The van der Waals surface area contributed by atoms with Crippen molar-refractivity contribution in [3.63, 3.8) is 0 Å². The Labute approximate surface area is 221 Å². The van der Waals surface area contributed by atoms with Crippen LogP contribution in [-0.2, 0) is 14.3 Å². The van der Waals surface area contributed by atoms with Gasteiger partial charge in [-0.15, -0.1) is 6.42 Å². The first kappa shape index (κ1) is 31.4. The van der Waals surface area contributed by atoms with Gasteiger partial charge in [0.2, 0.25) is 11.8 Å². The molecule has 1 rings (SSSR count). The second kappa shape index (κ2) is 15.5. The number of alkyl carbamates (subject to hydrolysis) is 1. The molecule has 1 aromatic rings. The number of ether oxygens (including phenoxy) is 1. The van der Waals surface area contributed by atoms with E-state index in [0.717, 1.165) is 12.8 Å². The van der Waals surface area contributed by atoms with E-state index in [4.69, 9.17) is 11.2 Å². The largest absolute Gasteiger partial charge is 0.444 e. The Kier molecular flexibility index (Phi) is 13.5. The molecule has 0 aliphatic carbocycles. The van der Waals surface area contributed by atoms with Crippen molar-refractivity contribution in [3.8, 4) is 12.3 Å². The molecule has 0 bridgehead atoms. The second-order valence-corrected chi connectivity index (χ2v) is 10.7. The lowest BCUT2D eigenvalue weighted by atomic mass is 9.95. The molecule has 0 aromatic heterocycles. The van der Waals surface area contributed by atoms with Crippen LogP contribution in [0.1, 0.15) is 84.4 Å². The molecule has 7 nitrogen and oxygen atoms in total. The zero-order valence-corrected chi connectivity index (χ0v) is 23.7. The number of nitrogens with zero attached hydrogens (tertiary/aromatic N) is 1. The van der Waals surface area contributed by atoms with Crippen LogP contribution >= 0.6 is 11.8 Å². The minimum absolute atomic E-state index is 0.289. The minimum atomic E-state index is -0.936. The van der Waals surface area contributed by atoms with E-state index in [9.17, 15) is 14.4 Å². The van der Waals surface area contributed by atoms with Crippen LogP contribution in [0, 0.1) is 12.3 Å². The van der Waals surface area contributed by atoms with Gasteiger partial charge in [0.25, 0.3) is 0 Å². The van der Waals surface area contributed by atoms with Gasteiger partial charge in [0.15, 0.2) is 0 Å². The van der Waals surface area contributed by atoms with Gasteiger partial charge in [-0.25, -0.2) is 4.79 Å². The van der Waals surface area contributed by atoms with E-state index in [1.54, 1.807) is 49.6 Å². The molecule has 0 spiro atoms. The summed E-state index contributed by atoms with van der Waals surface area (Å²) in [6.45, 7) is 11.7. The molecule has 3 atom stereocenters. The van der Waals surface area contributed by atoms with E-state index in [1.165, 1.54) is 0 Å². The summed E-state index contributed by atoms with van der Waals surface area (Å²) in [7, 11) is 0. The van der Waals surface area contributed by atoms with Crippen molar-refractivity contribution < 1.29 is 19.1 Å². The Morgan fingerprint density at radius 1 is 1.19 bits per heavy atom. The van der Waals surface area contributed by atoms with Crippen LogP contribution < -0.4 is 10.6 Å². The summed E-state index contributed by atoms with van der Waals surface area (Å²) in [4.78, 5) is 41.9. The normalized spacial score (nSPS) is 13.6. The number of thioether (sulfide) groups is 1. The van der Waals surface area contributed by atoms with Gasteiger partial charge in [0, 0.05) is 18.2 Å². The molecule has 0 aliphatic rings. The van der Waals surface area contributed by atoms with Crippen molar-refractivity contribution in [2.45, 2.75) is 91.0 Å². The second-order valence-electron chi connectivity index (χ2n) is 9.76. The van der Waals surface area contributed by atoms with Crippen molar-refractivity contribution in [2.24, 2.45) is 0 Å². The molecule has 0 aliphatic heterocycles. The average molecular weight is 518 g/mol. The number of carbonyl (C=O) groups is 3. The van der Waals surface area contributed by atoms with Crippen LogP contribution in [0.15, 0.2) is 24.3 Å². The molecular formula is C28H43N3O4S. The van der Waals surface area contributed by atoms with Crippen LogP contribution in [0.3, 0.4) is 0 Å². The summed E-state index contributed by atoms with van der Waals surface area (Å²) in [5.41, 5.74) is 0.430. The summed E-state index contributed by atoms with van der Waals surface area (Å²) in [6, 6.07) is 5.10. The third-order valence-electron chi connectivity index (χ3n) is 5.69. The van der Waals surface area contributed by atoms with Crippen LogP contribution in [0.25, 0.3) is 0 Å². The maximum absolute atomic E-state index is 14.1. The number of amides is 3. The van der Waals surface area contributed by atoms with Gasteiger partial charge in [-0.05, 0) is 70.6 Å². The van der Waals surface area contributed by atoms with Crippen molar-refractivity contribution in [1.29, 1.82) is 0 Å². The maximum Gasteiger partial charge on any atom is 0.408 e. The van der Waals surface area contributed by atoms with Crippen LogP contribution in [0.2, 0.25) is 0 Å². The zero-order chi connectivity index (χ0) is 27.3. The van der Waals surface area contributed by atoms with E-state index in [-0.39, 0.29) is 17.9 Å². The highest BCUT2D eigenvalue weighted by Gasteiger charge is 2.39. The number of hydrogen-bond donors (Lipinski definition) is 2. The Balaban J connectivity index is 3.54. The number of rotatable bonds is 13. The summed E-state index contributed by atoms with van der Waals surface area (Å²) in [5, 5.41) is 5.74. The number of unbranched alkanes of at least 4 members (excludes halogenated alkanes) is 1. The molecular weight excluding hydrogens is 474 g/mol. The average Bonchev–Trinajstić information content (AvgIpc) is 2.83. The number of nitrogens with one attached hydrogen (secondary N) is 2.